The Bertz CT molecular complexity index is 1270. The molecule has 0 amide bonds. The van der Waals surface area contributed by atoms with Crippen LogP contribution in [0.3, 0.4) is 0 Å². The Balaban J connectivity index is 4.63. The molecular formula is C48H70O6. The first kappa shape index (κ1) is 49.6. The second-order valence-electron chi connectivity index (χ2n) is 12.5. The van der Waals surface area contributed by atoms with Crippen molar-refractivity contribution in [2.75, 3.05) is 13.2 Å². The van der Waals surface area contributed by atoms with Gasteiger partial charge >= 0.3 is 17.9 Å². The van der Waals surface area contributed by atoms with Crippen molar-refractivity contribution in [3.8, 4) is 0 Å². The standard InChI is InChI=1S/C48H70O6/c1-4-7-10-13-16-19-21-23-24-25-27-29-32-35-38-41-47(50)53-44-45(43-52-46(49)40-37-34-31-28-18-15-12-9-6-3)54-48(51)42-39-36-33-30-26-22-20-17-14-11-8-5-2/h7-13,16-21,23-28,30,34,37,45H,4-6,14-15,22,29,31-33,35-36,38-44H2,1-3H3/b10-7-,11-8-,12-9-,16-13-,20-17-,21-19-,24-23-,27-25-,28-18-,30-26-,37-34-. The van der Waals surface area contributed by atoms with E-state index in [1.165, 1.54) is 0 Å². The van der Waals surface area contributed by atoms with E-state index in [-0.39, 0.29) is 38.4 Å². The highest BCUT2D eigenvalue weighted by molar-refractivity contribution is 5.72. The maximum absolute atomic E-state index is 12.6. The second-order valence-corrected chi connectivity index (χ2v) is 12.5. The minimum Gasteiger partial charge on any atom is -0.462 e. The van der Waals surface area contributed by atoms with E-state index in [0.29, 0.717) is 12.8 Å². The highest BCUT2D eigenvalue weighted by Gasteiger charge is 2.19. The highest BCUT2D eigenvalue weighted by atomic mass is 16.6. The van der Waals surface area contributed by atoms with E-state index >= 15 is 0 Å². The third kappa shape index (κ3) is 38.8. The molecule has 0 aromatic rings. The van der Waals surface area contributed by atoms with Gasteiger partial charge in [0.25, 0.3) is 0 Å². The Labute approximate surface area is 328 Å². The number of allylic oxidation sites excluding steroid dienone is 21. The van der Waals surface area contributed by atoms with Gasteiger partial charge in [0.2, 0.25) is 0 Å². The fourth-order valence-corrected chi connectivity index (χ4v) is 4.59. The van der Waals surface area contributed by atoms with Crippen molar-refractivity contribution in [2.45, 2.75) is 136 Å². The van der Waals surface area contributed by atoms with Gasteiger partial charge in [0.1, 0.15) is 13.2 Å². The zero-order valence-electron chi connectivity index (χ0n) is 33.7. The van der Waals surface area contributed by atoms with Crippen molar-refractivity contribution in [1.29, 1.82) is 0 Å². The first-order valence-electron chi connectivity index (χ1n) is 20.3. The molecule has 0 rings (SSSR count). The number of esters is 3. The van der Waals surface area contributed by atoms with Crippen LogP contribution in [-0.2, 0) is 28.6 Å². The molecule has 0 saturated heterocycles. The lowest BCUT2D eigenvalue weighted by atomic mass is 10.1. The first-order chi connectivity index (χ1) is 26.5. The van der Waals surface area contributed by atoms with E-state index in [1.807, 2.05) is 54.7 Å². The van der Waals surface area contributed by atoms with Crippen molar-refractivity contribution in [3.63, 3.8) is 0 Å². The van der Waals surface area contributed by atoms with Crippen LogP contribution in [0.15, 0.2) is 134 Å². The molecule has 54 heavy (non-hydrogen) atoms. The number of hydrogen-bond acceptors (Lipinski definition) is 6. The summed E-state index contributed by atoms with van der Waals surface area (Å²) in [6, 6.07) is 0. The van der Waals surface area contributed by atoms with Crippen molar-refractivity contribution in [3.05, 3.63) is 134 Å². The first-order valence-corrected chi connectivity index (χ1v) is 20.3. The number of unbranched alkanes of at least 4 members (excludes halogenated alkanes) is 5. The van der Waals surface area contributed by atoms with Crippen molar-refractivity contribution >= 4 is 17.9 Å². The molecule has 0 aliphatic carbocycles. The van der Waals surface area contributed by atoms with Crippen LogP contribution in [0.5, 0.6) is 0 Å². The van der Waals surface area contributed by atoms with E-state index in [0.717, 1.165) is 77.0 Å². The van der Waals surface area contributed by atoms with E-state index in [2.05, 4.69) is 93.7 Å². The van der Waals surface area contributed by atoms with Crippen LogP contribution >= 0.6 is 0 Å². The Morgan fingerprint density at radius 3 is 1.43 bits per heavy atom. The van der Waals surface area contributed by atoms with Crippen LogP contribution in [0.2, 0.25) is 0 Å². The van der Waals surface area contributed by atoms with Crippen molar-refractivity contribution in [2.24, 2.45) is 0 Å². The fourth-order valence-electron chi connectivity index (χ4n) is 4.59. The number of rotatable bonds is 33. The zero-order valence-corrected chi connectivity index (χ0v) is 33.7. The van der Waals surface area contributed by atoms with Gasteiger partial charge in [0.05, 0.1) is 6.42 Å². The second kappa shape index (κ2) is 41.3. The summed E-state index contributed by atoms with van der Waals surface area (Å²) in [7, 11) is 0. The largest absolute Gasteiger partial charge is 0.462 e. The molecule has 298 valence electrons. The fraction of sp³-hybridized carbons (Fsp3) is 0.479. The Morgan fingerprint density at radius 1 is 0.407 bits per heavy atom. The summed E-state index contributed by atoms with van der Waals surface area (Å²) in [6.45, 7) is 6.03. The molecule has 6 nitrogen and oxygen atoms in total. The number of carbonyl (C=O) groups excluding carboxylic acids is 3. The zero-order chi connectivity index (χ0) is 39.4. The quantitative estimate of drug-likeness (QED) is 0.0219. The minimum absolute atomic E-state index is 0.112. The molecule has 0 aliphatic heterocycles. The third-order valence-corrected chi connectivity index (χ3v) is 7.54. The Hall–Kier alpha value is -4.45. The molecule has 0 spiro atoms. The molecule has 0 aromatic carbocycles. The van der Waals surface area contributed by atoms with Crippen LogP contribution in [0.1, 0.15) is 130 Å². The number of hydrogen-bond donors (Lipinski definition) is 0. The monoisotopic (exact) mass is 743 g/mol. The highest BCUT2D eigenvalue weighted by Crippen LogP contribution is 2.09. The van der Waals surface area contributed by atoms with Crippen LogP contribution < -0.4 is 0 Å². The summed E-state index contributed by atoms with van der Waals surface area (Å²) in [4.78, 5) is 37.5. The Kier molecular flexibility index (Phi) is 37.9. The minimum atomic E-state index is -0.853. The van der Waals surface area contributed by atoms with E-state index in [9.17, 15) is 14.4 Å². The van der Waals surface area contributed by atoms with Gasteiger partial charge in [-0.25, -0.2) is 0 Å². The van der Waals surface area contributed by atoms with Crippen molar-refractivity contribution in [1.82, 2.24) is 0 Å². The molecule has 0 fully saturated rings. The smallest absolute Gasteiger partial charge is 0.309 e. The molecule has 0 saturated carbocycles. The van der Waals surface area contributed by atoms with Gasteiger partial charge in [-0.3, -0.25) is 14.4 Å². The summed E-state index contributed by atoms with van der Waals surface area (Å²) in [5.74, 6) is -1.18. The maximum Gasteiger partial charge on any atom is 0.309 e. The normalized spacial score (nSPS) is 13.5. The summed E-state index contributed by atoms with van der Waals surface area (Å²) in [5, 5.41) is 0. The molecular weight excluding hydrogens is 673 g/mol. The molecule has 1 atom stereocenters. The summed E-state index contributed by atoms with van der Waals surface area (Å²) in [6.07, 6.45) is 57.6. The van der Waals surface area contributed by atoms with Crippen LogP contribution in [-0.4, -0.2) is 37.2 Å². The SMILES string of the molecule is CC\C=C/C=C\C=C/C=C\C=C/CCCCCC(=O)OCC(COC(=O)C/C=C\C/C=C\C/C=C\CC)OC(=O)CCCC/C=C\C/C=C\C/C=C\CC. The summed E-state index contributed by atoms with van der Waals surface area (Å²) >= 11 is 0. The lowest BCUT2D eigenvalue weighted by Crippen LogP contribution is -2.30. The predicted octanol–water partition coefficient (Wildman–Crippen LogP) is 12.8. The van der Waals surface area contributed by atoms with Crippen molar-refractivity contribution < 1.29 is 28.6 Å². The topological polar surface area (TPSA) is 78.9 Å². The van der Waals surface area contributed by atoms with Gasteiger partial charge in [-0.2, -0.15) is 0 Å². The predicted molar refractivity (Wildman–Crippen MR) is 228 cm³/mol. The average Bonchev–Trinajstić information content (AvgIpc) is 3.17. The number of carbonyl (C=O) groups is 3. The van der Waals surface area contributed by atoms with Gasteiger partial charge in [0, 0.05) is 12.8 Å². The van der Waals surface area contributed by atoms with E-state index < -0.39 is 18.0 Å². The average molecular weight is 743 g/mol. The molecule has 0 aliphatic rings. The molecule has 0 N–H and O–H groups in total. The molecule has 1 unspecified atom stereocenters. The van der Waals surface area contributed by atoms with Gasteiger partial charge in [0.15, 0.2) is 6.10 Å². The third-order valence-electron chi connectivity index (χ3n) is 7.54. The van der Waals surface area contributed by atoms with Gasteiger partial charge < -0.3 is 14.2 Å². The van der Waals surface area contributed by atoms with Gasteiger partial charge in [-0.15, -0.1) is 0 Å². The number of ether oxygens (including phenoxy) is 3. The lowest BCUT2D eigenvalue weighted by molar-refractivity contribution is -0.166. The van der Waals surface area contributed by atoms with Crippen LogP contribution in [0, 0.1) is 0 Å². The van der Waals surface area contributed by atoms with Gasteiger partial charge in [-0.1, -0.05) is 161 Å². The molecule has 6 heteroatoms. The van der Waals surface area contributed by atoms with Crippen LogP contribution in [0.4, 0.5) is 0 Å². The van der Waals surface area contributed by atoms with Crippen LogP contribution in [0.25, 0.3) is 0 Å². The summed E-state index contributed by atoms with van der Waals surface area (Å²) in [5.41, 5.74) is 0. The van der Waals surface area contributed by atoms with E-state index in [1.54, 1.807) is 6.08 Å². The molecule has 0 radical (unpaired) electrons. The lowest BCUT2D eigenvalue weighted by Gasteiger charge is -2.18. The molecule has 0 bridgehead atoms. The molecule has 0 aromatic heterocycles. The summed E-state index contributed by atoms with van der Waals surface area (Å²) < 4.78 is 16.4. The maximum atomic E-state index is 12.6. The Morgan fingerprint density at radius 2 is 0.833 bits per heavy atom. The van der Waals surface area contributed by atoms with Gasteiger partial charge in [-0.05, 0) is 83.5 Å². The van der Waals surface area contributed by atoms with E-state index in [4.69, 9.17) is 14.2 Å². The molecule has 0 heterocycles.